The minimum atomic E-state index is -0.825. The molecule has 0 atom stereocenters. The van der Waals surface area contributed by atoms with Crippen molar-refractivity contribution in [3.8, 4) is 0 Å². The van der Waals surface area contributed by atoms with Crippen LogP contribution in [-0.4, -0.2) is 32.1 Å². The minimum absolute atomic E-state index is 0.264. The Balaban J connectivity index is 1.69. The van der Waals surface area contributed by atoms with Gasteiger partial charge in [-0.1, -0.05) is 30.3 Å². The Kier molecular flexibility index (Phi) is 6.69. The molecule has 8 heteroatoms. The van der Waals surface area contributed by atoms with Crippen molar-refractivity contribution in [1.29, 1.82) is 0 Å². The van der Waals surface area contributed by atoms with Gasteiger partial charge in [-0.05, 0) is 32.4 Å². The van der Waals surface area contributed by atoms with Gasteiger partial charge in [-0.3, -0.25) is 19.0 Å². The van der Waals surface area contributed by atoms with Crippen LogP contribution in [0.15, 0.2) is 58.3 Å². The monoisotopic (exact) mass is 423 g/mol. The number of ether oxygens (including phenoxy) is 1. The Bertz CT molecular complexity index is 1220. The number of benzene rings is 1. The van der Waals surface area contributed by atoms with Gasteiger partial charge < -0.3 is 9.30 Å². The van der Waals surface area contributed by atoms with E-state index in [2.05, 4.69) is 0 Å². The molecule has 0 aliphatic rings. The number of hydrogen-bond donors (Lipinski definition) is 0. The van der Waals surface area contributed by atoms with Gasteiger partial charge >= 0.3 is 11.7 Å². The van der Waals surface area contributed by atoms with Gasteiger partial charge in [-0.25, -0.2) is 9.36 Å². The van der Waals surface area contributed by atoms with Crippen LogP contribution in [0.4, 0.5) is 0 Å². The molecule has 8 nitrogen and oxygen atoms in total. The number of aromatic nitrogens is 3. The van der Waals surface area contributed by atoms with E-state index in [0.717, 1.165) is 28.1 Å². The zero-order valence-corrected chi connectivity index (χ0v) is 17.8. The first-order valence-electron chi connectivity index (χ1n) is 10.0. The zero-order chi connectivity index (χ0) is 22.5. The van der Waals surface area contributed by atoms with E-state index >= 15 is 0 Å². The Morgan fingerprint density at radius 1 is 1.00 bits per heavy atom. The molecule has 0 saturated heterocycles. The zero-order valence-electron chi connectivity index (χ0n) is 17.8. The highest BCUT2D eigenvalue weighted by Gasteiger charge is 2.18. The van der Waals surface area contributed by atoms with E-state index in [1.165, 1.54) is 16.8 Å². The predicted molar refractivity (Wildman–Crippen MR) is 115 cm³/mol. The topological polar surface area (TPSA) is 92.3 Å². The van der Waals surface area contributed by atoms with Crippen LogP contribution in [0, 0.1) is 13.8 Å². The van der Waals surface area contributed by atoms with E-state index < -0.39 is 30.4 Å². The highest BCUT2D eigenvalue weighted by molar-refractivity contribution is 5.99. The van der Waals surface area contributed by atoms with E-state index in [-0.39, 0.29) is 12.3 Å². The number of esters is 1. The standard InChI is InChI=1S/C23H25N3O5/c1-4-25-16(2)12-19(17(25)3)20(27)15-31-22(29)14-26-21(28)10-11-24(23(26)30)13-18-8-6-5-7-9-18/h5-12H,4,13-15H2,1-3H3. The van der Waals surface area contributed by atoms with Crippen LogP contribution in [0.2, 0.25) is 0 Å². The second-order valence-corrected chi connectivity index (χ2v) is 7.25. The Labute approximate surface area is 179 Å². The van der Waals surface area contributed by atoms with Gasteiger partial charge in [0.1, 0.15) is 6.54 Å². The molecule has 31 heavy (non-hydrogen) atoms. The lowest BCUT2D eigenvalue weighted by Crippen LogP contribution is -2.41. The molecule has 2 heterocycles. The number of hydrogen-bond acceptors (Lipinski definition) is 5. The Hall–Kier alpha value is -3.68. The van der Waals surface area contributed by atoms with Gasteiger partial charge in [0.05, 0.1) is 6.54 Å². The lowest BCUT2D eigenvalue weighted by atomic mass is 10.1. The summed E-state index contributed by atoms with van der Waals surface area (Å²) >= 11 is 0. The second kappa shape index (κ2) is 9.42. The van der Waals surface area contributed by atoms with Gasteiger partial charge in [-0.2, -0.15) is 0 Å². The quantitative estimate of drug-likeness (QED) is 0.408. The van der Waals surface area contributed by atoms with Gasteiger partial charge in [0.2, 0.25) is 5.78 Å². The number of ketones is 1. The van der Waals surface area contributed by atoms with Crippen molar-refractivity contribution >= 4 is 11.8 Å². The summed E-state index contributed by atoms with van der Waals surface area (Å²) in [5.74, 6) is -1.16. The molecule has 0 fully saturated rings. The molecule has 0 spiro atoms. The van der Waals surface area contributed by atoms with Gasteiger partial charge in [-0.15, -0.1) is 0 Å². The fourth-order valence-electron chi connectivity index (χ4n) is 3.57. The average molecular weight is 423 g/mol. The molecule has 2 aromatic heterocycles. The first-order chi connectivity index (χ1) is 14.8. The molecule has 3 aromatic rings. The van der Waals surface area contributed by atoms with Gasteiger partial charge in [0.25, 0.3) is 5.56 Å². The molecule has 1 aromatic carbocycles. The molecule has 0 saturated carbocycles. The molecule has 0 N–H and O–H groups in total. The minimum Gasteiger partial charge on any atom is -0.456 e. The van der Waals surface area contributed by atoms with Crippen molar-refractivity contribution in [2.75, 3.05) is 6.61 Å². The molecule has 0 radical (unpaired) electrons. The molecule has 3 rings (SSSR count). The maximum absolute atomic E-state index is 12.7. The molecule has 0 aliphatic heterocycles. The van der Waals surface area contributed by atoms with Crippen LogP contribution in [-0.2, 0) is 29.2 Å². The van der Waals surface area contributed by atoms with Crippen LogP contribution in [0.1, 0.15) is 34.2 Å². The first kappa shape index (κ1) is 22.0. The van der Waals surface area contributed by atoms with Crippen molar-refractivity contribution < 1.29 is 14.3 Å². The average Bonchev–Trinajstić information content (AvgIpc) is 3.05. The third-order valence-corrected chi connectivity index (χ3v) is 5.18. The SMILES string of the molecule is CCn1c(C)cc(C(=O)COC(=O)Cn2c(=O)ccn(Cc3ccccc3)c2=O)c1C. The number of Topliss-reactive ketones (excluding diaryl/α,β-unsaturated/α-hetero) is 1. The molecule has 0 bridgehead atoms. The number of aryl methyl sites for hydroxylation is 1. The molecule has 0 aliphatic carbocycles. The van der Waals surface area contributed by atoms with Crippen molar-refractivity contribution in [1.82, 2.24) is 13.7 Å². The van der Waals surface area contributed by atoms with Crippen molar-refractivity contribution in [3.05, 3.63) is 92.0 Å². The van der Waals surface area contributed by atoms with E-state index in [9.17, 15) is 19.2 Å². The third kappa shape index (κ3) is 4.91. The summed E-state index contributed by atoms with van der Waals surface area (Å²) in [5, 5.41) is 0. The Morgan fingerprint density at radius 3 is 2.35 bits per heavy atom. The lowest BCUT2D eigenvalue weighted by molar-refractivity contribution is -0.143. The largest absolute Gasteiger partial charge is 0.456 e. The van der Waals surface area contributed by atoms with Gasteiger partial charge in [0, 0.05) is 35.8 Å². The van der Waals surface area contributed by atoms with E-state index in [4.69, 9.17) is 4.74 Å². The Morgan fingerprint density at radius 2 is 1.71 bits per heavy atom. The van der Waals surface area contributed by atoms with E-state index in [1.807, 2.05) is 55.7 Å². The maximum atomic E-state index is 12.7. The fourth-order valence-corrected chi connectivity index (χ4v) is 3.57. The van der Waals surface area contributed by atoms with Gasteiger partial charge in [0.15, 0.2) is 6.61 Å². The molecular weight excluding hydrogens is 398 g/mol. The van der Waals surface area contributed by atoms with Crippen LogP contribution in [0.25, 0.3) is 0 Å². The summed E-state index contributed by atoms with van der Waals surface area (Å²) in [7, 11) is 0. The van der Waals surface area contributed by atoms with Crippen LogP contribution >= 0.6 is 0 Å². The number of carbonyl (C=O) groups excluding carboxylic acids is 2. The van der Waals surface area contributed by atoms with Crippen molar-refractivity contribution in [3.63, 3.8) is 0 Å². The number of carbonyl (C=O) groups is 2. The highest BCUT2D eigenvalue weighted by Crippen LogP contribution is 2.15. The number of rotatable bonds is 8. The highest BCUT2D eigenvalue weighted by atomic mass is 16.5. The molecule has 0 amide bonds. The second-order valence-electron chi connectivity index (χ2n) is 7.25. The maximum Gasteiger partial charge on any atom is 0.331 e. The van der Waals surface area contributed by atoms with Crippen LogP contribution in [0.5, 0.6) is 0 Å². The van der Waals surface area contributed by atoms with Crippen molar-refractivity contribution in [2.45, 2.75) is 40.4 Å². The summed E-state index contributed by atoms with van der Waals surface area (Å²) in [6.07, 6.45) is 1.40. The normalized spacial score (nSPS) is 10.8. The summed E-state index contributed by atoms with van der Waals surface area (Å²) in [6.45, 7) is 5.71. The lowest BCUT2D eigenvalue weighted by Gasteiger charge is -2.10. The summed E-state index contributed by atoms with van der Waals surface area (Å²) < 4.78 is 9.20. The number of nitrogens with zero attached hydrogens (tertiary/aromatic N) is 3. The molecule has 0 unspecified atom stereocenters. The van der Waals surface area contributed by atoms with Crippen molar-refractivity contribution in [2.24, 2.45) is 0 Å². The smallest absolute Gasteiger partial charge is 0.331 e. The van der Waals surface area contributed by atoms with Crippen LogP contribution < -0.4 is 11.2 Å². The summed E-state index contributed by atoms with van der Waals surface area (Å²) in [5.41, 5.74) is 1.91. The first-order valence-corrected chi connectivity index (χ1v) is 10.0. The molecular formula is C23H25N3O5. The van der Waals surface area contributed by atoms with E-state index in [1.54, 1.807) is 6.07 Å². The fraction of sp³-hybridized carbons (Fsp3) is 0.304. The molecule has 162 valence electrons. The third-order valence-electron chi connectivity index (χ3n) is 5.18. The predicted octanol–water partition coefficient (Wildman–Crippen LogP) is 1.92. The van der Waals surface area contributed by atoms with E-state index in [0.29, 0.717) is 5.56 Å². The summed E-state index contributed by atoms with van der Waals surface area (Å²) in [4.78, 5) is 49.5. The van der Waals surface area contributed by atoms with Crippen LogP contribution in [0.3, 0.4) is 0 Å². The summed E-state index contributed by atoms with van der Waals surface area (Å²) in [6, 6.07) is 12.3.